The third-order valence-electron chi connectivity index (χ3n) is 3.12. The number of hydrogen-bond acceptors (Lipinski definition) is 8. The number of methoxy groups -OCH3 is 1. The molecule has 0 saturated carbocycles. The zero-order valence-electron chi connectivity index (χ0n) is 17.7. The maximum Gasteiger partial charge on any atom is 0.412 e. The summed E-state index contributed by atoms with van der Waals surface area (Å²) in [4.78, 5) is 36.8. The van der Waals surface area contributed by atoms with Crippen molar-refractivity contribution < 1.29 is 38.1 Å². The first-order valence-corrected chi connectivity index (χ1v) is 9.27. The third kappa shape index (κ3) is 14.0. The van der Waals surface area contributed by atoms with Gasteiger partial charge in [0, 0.05) is 46.7 Å². The highest BCUT2D eigenvalue weighted by Crippen LogP contribution is 2.06. The van der Waals surface area contributed by atoms with Gasteiger partial charge in [-0.2, -0.15) is 0 Å². The van der Waals surface area contributed by atoms with Gasteiger partial charge in [0.15, 0.2) is 0 Å². The van der Waals surface area contributed by atoms with Crippen LogP contribution in [0.25, 0.3) is 0 Å². The molecule has 0 radical (unpaired) electrons. The number of carbonyl (C=O) groups is 3. The molecule has 2 amide bonds. The lowest BCUT2D eigenvalue weighted by molar-refractivity contribution is -0.166. The van der Waals surface area contributed by atoms with E-state index < -0.39 is 30.0 Å². The van der Waals surface area contributed by atoms with E-state index in [1.165, 1.54) is 18.9 Å². The van der Waals surface area contributed by atoms with E-state index in [1.807, 2.05) is 0 Å². The summed E-state index contributed by atoms with van der Waals surface area (Å²) in [6.45, 7) is 9.85. The van der Waals surface area contributed by atoms with Crippen molar-refractivity contribution in [3.63, 3.8) is 0 Å². The van der Waals surface area contributed by atoms with Crippen LogP contribution < -0.4 is 5.32 Å². The molecular formula is C18H34N2O8. The van der Waals surface area contributed by atoms with E-state index in [-0.39, 0.29) is 26.3 Å². The van der Waals surface area contributed by atoms with Crippen molar-refractivity contribution in [3.05, 3.63) is 0 Å². The molecule has 164 valence electrons. The van der Waals surface area contributed by atoms with E-state index in [0.29, 0.717) is 19.6 Å². The maximum absolute atomic E-state index is 12.1. The van der Waals surface area contributed by atoms with Crippen LogP contribution >= 0.6 is 0 Å². The zero-order valence-corrected chi connectivity index (χ0v) is 17.7. The van der Waals surface area contributed by atoms with Crippen molar-refractivity contribution in [2.45, 2.75) is 59.4 Å². The van der Waals surface area contributed by atoms with Crippen molar-refractivity contribution >= 4 is 18.2 Å². The number of alkyl carbamates (subject to hydrolysis) is 1. The fourth-order valence-electron chi connectivity index (χ4n) is 1.93. The molecule has 1 unspecified atom stereocenters. The molecule has 0 bridgehead atoms. The first kappa shape index (κ1) is 25.9. The fourth-order valence-corrected chi connectivity index (χ4v) is 1.93. The average molecular weight is 406 g/mol. The van der Waals surface area contributed by atoms with Crippen LogP contribution in [-0.4, -0.2) is 75.1 Å². The van der Waals surface area contributed by atoms with E-state index in [1.54, 1.807) is 27.7 Å². The standard InChI is InChI=1S/C18H34N2O8/c1-7-20(11-10-19-16(22)28-18(3,4)5)17(23)27-14(2)26-15(21)9-8-12-25-13-24-6/h14H,7-13H2,1-6H3,(H,19,22). The van der Waals surface area contributed by atoms with Crippen molar-refractivity contribution in [2.24, 2.45) is 0 Å². The Labute approximate surface area is 166 Å². The van der Waals surface area contributed by atoms with Crippen molar-refractivity contribution in [1.82, 2.24) is 10.2 Å². The van der Waals surface area contributed by atoms with E-state index in [2.05, 4.69) is 5.32 Å². The molecule has 0 aromatic heterocycles. The lowest BCUT2D eigenvalue weighted by Crippen LogP contribution is -2.41. The molecule has 0 spiro atoms. The largest absolute Gasteiger partial charge is 0.444 e. The molecule has 0 aromatic carbocycles. The predicted molar refractivity (Wildman–Crippen MR) is 101 cm³/mol. The summed E-state index contributed by atoms with van der Waals surface area (Å²) in [7, 11) is 1.51. The van der Waals surface area contributed by atoms with Crippen molar-refractivity contribution in [3.8, 4) is 0 Å². The molecule has 10 heteroatoms. The van der Waals surface area contributed by atoms with Gasteiger partial charge in [-0.3, -0.25) is 4.79 Å². The zero-order chi connectivity index (χ0) is 21.6. The Morgan fingerprint density at radius 2 is 1.82 bits per heavy atom. The number of amides is 2. The van der Waals surface area contributed by atoms with Gasteiger partial charge in [0.2, 0.25) is 6.29 Å². The molecule has 0 aliphatic carbocycles. The molecule has 10 nitrogen and oxygen atoms in total. The van der Waals surface area contributed by atoms with Crippen LogP contribution in [0.4, 0.5) is 9.59 Å². The molecule has 0 aliphatic rings. The first-order chi connectivity index (χ1) is 13.1. The molecule has 0 rings (SSSR count). The Kier molecular flexibility index (Phi) is 13.0. The monoisotopic (exact) mass is 406 g/mol. The van der Waals surface area contributed by atoms with Crippen LogP contribution in [0.15, 0.2) is 0 Å². The SMILES string of the molecule is CCN(CCNC(=O)OC(C)(C)C)C(=O)OC(C)OC(=O)CCCOCOC. The first-order valence-electron chi connectivity index (χ1n) is 9.27. The van der Waals surface area contributed by atoms with E-state index in [9.17, 15) is 14.4 Å². The van der Waals surface area contributed by atoms with Gasteiger partial charge in [-0.1, -0.05) is 0 Å². The number of hydrogen-bond donors (Lipinski definition) is 1. The summed E-state index contributed by atoms with van der Waals surface area (Å²) in [5.41, 5.74) is -0.595. The highest BCUT2D eigenvalue weighted by Gasteiger charge is 2.20. The lowest BCUT2D eigenvalue weighted by atomic mass is 10.2. The second kappa shape index (κ2) is 14.0. The van der Waals surface area contributed by atoms with E-state index >= 15 is 0 Å². The molecule has 0 fully saturated rings. The van der Waals surface area contributed by atoms with E-state index in [0.717, 1.165) is 0 Å². The second-order valence-electron chi connectivity index (χ2n) is 6.87. The van der Waals surface area contributed by atoms with Crippen LogP contribution in [-0.2, 0) is 28.5 Å². The number of nitrogens with zero attached hydrogens (tertiary/aromatic N) is 1. The van der Waals surface area contributed by atoms with Gasteiger partial charge in [-0.05, 0) is 34.1 Å². The number of likely N-dealkylation sites (N-methyl/N-ethyl adjacent to an activating group) is 1. The van der Waals surface area contributed by atoms with Crippen LogP contribution in [0.5, 0.6) is 0 Å². The number of ether oxygens (including phenoxy) is 5. The smallest absolute Gasteiger partial charge is 0.412 e. The van der Waals surface area contributed by atoms with Gasteiger partial charge >= 0.3 is 18.2 Å². The summed E-state index contributed by atoms with van der Waals surface area (Å²) < 4.78 is 25.0. The minimum atomic E-state index is -1.02. The van der Waals surface area contributed by atoms with Gasteiger partial charge in [0.1, 0.15) is 12.4 Å². The third-order valence-corrected chi connectivity index (χ3v) is 3.12. The molecule has 28 heavy (non-hydrogen) atoms. The normalized spacial score (nSPS) is 12.1. The fraction of sp³-hybridized carbons (Fsp3) is 0.833. The Morgan fingerprint density at radius 1 is 1.14 bits per heavy atom. The molecule has 1 atom stereocenters. The minimum absolute atomic E-state index is 0.142. The lowest BCUT2D eigenvalue weighted by Gasteiger charge is -2.24. The van der Waals surface area contributed by atoms with E-state index in [4.69, 9.17) is 23.7 Å². The Morgan fingerprint density at radius 3 is 2.39 bits per heavy atom. The quantitative estimate of drug-likeness (QED) is 0.298. The molecule has 0 aliphatic heterocycles. The van der Waals surface area contributed by atoms with Crippen LogP contribution in [0, 0.1) is 0 Å². The summed E-state index contributed by atoms with van der Waals surface area (Å²) in [6, 6.07) is 0. The number of nitrogens with one attached hydrogen (secondary N) is 1. The summed E-state index contributed by atoms with van der Waals surface area (Å²) in [5, 5.41) is 2.57. The van der Waals surface area contributed by atoms with Crippen LogP contribution in [0.2, 0.25) is 0 Å². The summed E-state index contributed by atoms with van der Waals surface area (Å²) >= 11 is 0. The second-order valence-corrected chi connectivity index (χ2v) is 6.87. The highest BCUT2D eigenvalue weighted by atomic mass is 16.7. The predicted octanol–water partition coefficient (Wildman–Crippen LogP) is 2.26. The van der Waals surface area contributed by atoms with Crippen molar-refractivity contribution in [1.29, 1.82) is 0 Å². The minimum Gasteiger partial charge on any atom is -0.444 e. The molecule has 0 saturated heterocycles. The highest BCUT2D eigenvalue weighted by molar-refractivity contribution is 5.71. The molecule has 0 aromatic rings. The molecular weight excluding hydrogens is 372 g/mol. The molecule has 0 heterocycles. The Hall–Kier alpha value is -2.07. The van der Waals surface area contributed by atoms with Gasteiger partial charge in [0.05, 0.1) is 0 Å². The summed E-state index contributed by atoms with van der Waals surface area (Å²) in [6.07, 6.45) is -1.61. The van der Waals surface area contributed by atoms with Crippen molar-refractivity contribution in [2.75, 3.05) is 40.1 Å². The topological polar surface area (TPSA) is 113 Å². The Bertz CT molecular complexity index is 479. The van der Waals surface area contributed by atoms with Gasteiger partial charge < -0.3 is 33.9 Å². The molecule has 1 N–H and O–H groups in total. The number of carbonyl (C=O) groups excluding carboxylic acids is 3. The maximum atomic E-state index is 12.1. The van der Waals surface area contributed by atoms with Crippen LogP contribution in [0.1, 0.15) is 47.5 Å². The summed E-state index contributed by atoms with van der Waals surface area (Å²) in [5.74, 6) is -0.490. The van der Waals surface area contributed by atoms with Crippen LogP contribution in [0.3, 0.4) is 0 Å². The average Bonchev–Trinajstić information content (AvgIpc) is 2.56. The van der Waals surface area contributed by atoms with Gasteiger partial charge in [-0.15, -0.1) is 0 Å². The van der Waals surface area contributed by atoms with Gasteiger partial charge in [0.25, 0.3) is 0 Å². The van der Waals surface area contributed by atoms with Gasteiger partial charge in [-0.25, -0.2) is 9.59 Å². The number of rotatable bonds is 12. The number of esters is 1. The Balaban J connectivity index is 4.13.